The van der Waals surface area contributed by atoms with Gasteiger partial charge in [-0.05, 0) is 25.1 Å². The van der Waals surface area contributed by atoms with Crippen LogP contribution in [0.4, 0.5) is 0 Å². The molecule has 0 radical (unpaired) electrons. The molecule has 1 aliphatic heterocycles. The average Bonchev–Trinajstić information content (AvgIpc) is 3.44. The lowest BCUT2D eigenvalue weighted by Gasteiger charge is -2.34. The minimum atomic E-state index is 0.0643. The van der Waals surface area contributed by atoms with E-state index in [0.717, 1.165) is 41.6 Å². The summed E-state index contributed by atoms with van der Waals surface area (Å²) in [5.41, 5.74) is 5.51. The summed E-state index contributed by atoms with van der Waals surface area (Å²) in [6.45, 7) is 3.73. The molecule has 0 bridgehead atoms. The summed E-state index contributed by atoms with van der Waals surface area (Å²) in [5, 5.41) is 11.4. The van der Waals surface area contributed by atoms with E-state index in [4.69, 9.17) is 4.42 Å². The smallest absolute Gasteiger partial charge is 0.152 e. The highest BCUT2D eigenvalue weighted by Crippen LogP contribution is 2.36. The summed E-state index contributed by atoms with van der Waals surface area (Å²) in [5.74, 6) is 1.72. The number of nitrogens with zero attached hydrogens (tertiary/aromatic N) is 5. The Kier molecular flexibility index (Phi) is 3.71. The second-order valence-corrected chi connectivity index (χ2v) is 6.93. The largest absolute Gasteiger partial charge is 0.458 e. The fourth-order valence-electron chi connectivity index (χ4n) is 3.82. The fourth-order valence-corrected chi connectivity index (χ4v) is 3.82. The van der Waals surface area contributed by atoms with Crippen LogP contribution in [0.5, 0.6) is 0 Å². The van der Waals surface area contributed by atoms with Gasteiger partial charge in [-0.2, -0.15) is 10.2 Å². The molecule has 0 saturated heterocycles. The lowest BCUT2D eigenvalue weighted by molar-refractivity contribution is 0.185. The molecule has 0 amide bonds. The number of aryl methyl sites for hydroxylation is 1. The van der Waals surface area contributed by atoms with Gasteiger partial charge in [-0.3, -0.25) is 14.7 Å². The first-order valence-electron chi connectivity index (χ1n) is 9.04. The van der Waals surface area contributed by atoms with E-state index < -0.39 is 0 Å². The number of aromatic amines is 2. The van der Waals surface area contributed by atoms with E-state index in [9.17, 15) is 0 Å². The maximum atomic E-state index is 6.06. The van der Waals surface area contributed by atoms with Gasteiger partial charge in [-0.25, -0.2) is 4.98 Å². The van der Waals surface area contributed by atoms with Crippen LogP contribution in [0.2, 0.25) is 0 Å². The fraction of sp³-hybridized carbons (Fsp3) is 0.316. The van der Waals surface area contributed by atoms with Crippen molar-refractivity contribution in [1.29, 1.82) is 0 Å². The van der Waals surface area contributed by atoms with Crippen LogP contribution < -0.4 is 0 Å². The predicted molar refractivity (Wildman–Crippen MR) is 98.8 cm³/mol. The summed E-state index contributed by atoms with van der Waals surface area (Å²) in [6.07, 6.45) is 6.41. The summed E-state index contributed by atoms with van der Waals surface area (Å²) in [4.78, 5) is 10.3. The van der Waals surface area contributed by atoms with E-state index in [2.05, 4.69) is 37.1 Å². The Bertz CT molecular complexity index is 1060. The van der Waals surface area contributed by atoms with Gasteiger partial charge < -0.3 is 9.40 Å². The molecule has 5 rings (SSSR count). The molecule has 27 heavy (non-hydrogen) atoms. The maximum absolute atomic E-state index is 6.06. The number of furan rings is 1. The summed E-state index contributed by atoms with van der Waals surface area (Å²) < 4.78 is 7.97. The van der Waals surface area contributed by atoms with Crippen molar-refractivity contribution in [3.8, 4) is 11.5 Å². The first-order chi connectivity index (χ1) is 13.2. The number of H-pyrrole nitrogens is 2. The first kappa shape index (κ1) is 16.1. The van der Waals surface area contributed by atoms with Gasteiger partial charge in [0.2, 0.25) is 0 Å². The van der Waals surface area contributed by atoms with Crippen LogP contribution in [0.25, 0.3) is 11.5 Å². The van der Waals surface area contributed by atoms with E-state index in [1.54, 1.807) is 12.5 Å². The monoisotopic (exact) mass is 363 g/mol. The van der Waals surface area contributed by atoms with Crippen molar-refractivity contribution in [1.82, 2.24) is 34.8 Å². The highest BCUT2D eigenvalue weighted by molar-refractivity contribution is 5.51. The van der Waals surface area contributed by atoms with Crippen molar-refractivity contribution in [3.05, 3.63) is 65.3 Å². The van der Waals surface area contributed by atoms with Gasteiger partial charge in [0.15, 0.2) is 5.76 Å². The van der Waals surface area contributed by atoms with Crippen LogP contribution in [-0.2, 0) is 20.0 Å². The zero-order valence-corrected chi connectivity index (χ0v) is 15.3. The van der Waals surface area contributed by atoms with Gasteiger partial charge >= 0.3 is 0 Å². The van der Waals surface area contributed by atoms with E-state index in [0.29, 0.717) is 6.54 Å². The van der Waals surface area contributed by atoms with Gasteiger partial charge in [0.05, 0.1) is 30.8 Å². The molecule has 0 unspecified atom stereocenters. The highest BCUT2D eigenvalue weighted by atomic mass is 16.3. The zero-order valence-electron chi connectivity index (χ0n) is 15.3. The van der Waals surface area contributed by atoms with Crippen molar-refractivity contribution in [2.75, 3.05) is 6.54 Å². The molecular weight excluding hydrogens is 342 g/mol. The lowest BCUT2D eigenvalue weighted by Crippen LogP contribution is -2.36. The van der Waals surface area contributed by atoms with Crippen LogP contribution in [0, 0.1) is 6.92 Å². The van der Waals surface area contributed by atoms with Crippen LogP contribution in [0.15, 0.2) is 41.3 Å². The maximum Gasteiger partial charge on any atom is 0.152 e. The number of rotatable bonds is 4. The normalized spacial score (nSPS) is 17.3. The lowest BCUT2D eigenvalue weighted by atomic mass is 9.96. The third kappa shape index (κ3) is 2.69. The molecule has 138 valence electrons. The Balaban J connectivity index is 1.48. The number of nitrogens with one attached hydrogen (secondary N) is 2. The number of aromatic nitrogens is 6. The molecule has 0 aromatic carbocycles. The number of hydrogen-bond donors (Lipinski definition) is 2. The highest BCUT2D eigenvalue weighted by Gasteiger charge is 2.33. The molecule has 8 nitrogen and oxygen atoms in total. The van der Waals surface area contributed by atoms with Gasteiger partial charge in [0, 0.05) is 43.2 Å². The molecule has 0 spiro atoms. The minimum Gasteiger partial charge on any atom is -0.458 e. The SMILES string of the molecule is Cc1c([C@@H]2c3nc[nH]c3CCN2Cc2ccc(-c3ccn[nH]3)o2)cnn1C. The second kappa shape index (κ2) is 6.24. The van der Waals surface area contributed by atoms with Crippen LogP contribution in [-0.4, -0.2) is 41.4 Å². The Morgan fingerprint density at radius 2 is 2.22 bits per heavy atom. The first-order valence-corrected chi connectivity index (χ1v) is 9.04. The molecule has 0 fully saturated rings. The quantitative estimate of drug-likeness (QED) is 0.581. The molecule has 2 N–H and O–H groups in total. The number of imidazole rings is 1. The van der Waals surface area contributed by atoms with Crippen LogP contribution >= 0.6 is 0 Å². The van der Waals surface area contributed by atoms with E-state index in [-0.39, 0.29) is 6.04 Å². The number of fused-ring (bicyclic) bond motifs is 1. The number of hydrogen-bond acceptors (Lipinski definition) is 5. The average molecular weight is 363 g/mol. The minimum absolute atomic E-state index is 0.0643. The molecule has 0 saturated carbocycles. The van der Waals surface area contributed by atoms with Crippen LogP contribution in [0.3, 0.4) is 0 Å². The summed E-state index contributed by atoms with van der Waals surface area (Å²) in [6, 6.07) is 5.98. The molecule has 4 aromatic heterocycles. The Morgan fingerprint density at radius 3 is 3.00 bits per heavy atom. The standard InChI is InChI=1S/C19H21N7O/c1-12-14(9-23-25(12)2)19-18-16(20-11-21-18)6-8-26(19)10-13-3-4-17(27-13)15-5-7-22-24-15/h3-5,7,9,11,19H,6,8,10H2,1-2H3,(H,20,21)(H,22,24)/t19-/m1/s1. The van der Waals surface area contributed by atoms with Gasteiger partial charge in [0.25, 0.3) is 0 Å². The molecule has 4 aromatic rings. The van der Waals surface area contributed by atoms with E-state index in [1.165, 1.54) is 11.3 Å². The van der Waals surface area contributed by atoms with E-state index >= 15 is 0 Å². The Labute approximate surface area is 156 Å². The Hall–Kier alpha value is -3.13. The molecule has 8 heteroatoms. The second-order valence-electron chi connectivity index (χ2n) is 6.93. The van der Waals surface area contributed by atoms with Gasteiger partial charge in [-0.1, -0.05) is 0 Å². The van der Waals surface area contributed by atoms with Gasteiger partial charge in [0.1, 0.15) is 11.5 Å². The molecular formula is C19H21N7O. The predicted octanol–water partition coefficient (Wildman–Crippen LogP) is 2.58. The summed E-state index contributed by atoms with van der Waals surface area (Å²) >= 11 is 0. The topological polar surface area (TPSA) is 91.6 Å². The third-order valence-electron chi connectivity index (χ3n) is 5.38. The van der Waals surface area contributed by atoms with Crippen molar-refractivity contribution in [2.45, 2.75) is 25.9 Å². The third-order valence-corrected chi connectivity index (χ3v) is 5.38. The van der Waals surface area contributed by atoms with Crippen molar-refractivity contribution in [2.24, 2.45) is 7.05 Å². The summed E-state index contributed by atoms with van der Waals surface area (Å²) in [7, 11) is 1.97. The zero-order chi connectivity index (χ0) is 18.4. The molecule has 5 heterocycles. The van der Waals surface area contributed by atoms with Crippen molar-refractivity contribution >= 4 is 0 Å². The van der Waals surface area contributed by atoms with E-state index in [1.807, 2.05) is 36.1 Å². The van der Waals surface area contributed by atoms with Gasteiger partial charge in [-0.15, -0.1) is 0 Å². The van der Waals surface area contributed by atoms with Crippen molar-refractivity contribution in [3.63, 3.8) is 0 Å². The molecule has 1 atom stereocenters. The van der Waals surface area contributed by atoms with Crippen LogP contribution in [0.1, 0.15) is 34.4 Å². The molecule has 1 aliphatic rings. The van der Waals surface area contributed by atoms with Crippen molar-refractivity contribution < 1.29 is 4.42 Å². The molecule has 0 aliphatic carbocycles. The Morgan fingerprint density at radius 1 is 1.30 bits per heavy atom.